The van der Waals surface area contributed by atoms with Crippen molar-refractivity contribution in [3.05, 3.63) is 72.3 Å². The molecule has 0 amide bonds. The number of rotatable bonds is 6. The van der Waals surface area contributed by atoms with E-state index in [2.05, 4.69) is 21.0 Å². The van der Waals surface area contributed by atoms with Crippen LogP contribution in [0.2, 0.25) is 0 Å². The molecule has 4 rings (SSSR count). The zero-order chi connectivity index (χ0) is 18.6. The van der Waals surface area contributed by atoms with Gasteiger partial charge in [0.15, 0.2) is 0 Å². The molecule has 1 aromatic carbocycles. The molecular weight excluding hydrogens is 340 g/mol. The first-order valence-electron chi connectivity index (χ1n) is 9.19. The van der Waals surface area contributed by atoms with Crippen LogP contribution in [0.1, 0.15) is 11.1 Å². The second-order valence-electron chi connectivity index (χ2n) is 7.03. The van der Waals surface area contributed by atoms with Gasteiger partial charge in [-0.3, -0.25) is 9.88 Å². The number of ether oxygens (including phenoxy) is 1. The molecule has 6 heteroatoms. The Balaban J connectivity index is 1.51. The molecule has 1 aliphatic rings. The highest BCUT2D eigenvalue weighted by atomic mass is 16.5. The van der Waals surface area contributed by atoms with Crippen LogP contribution in [0.3, 0.4) is 0 Å². The molecule has 0 spiro atoms. The first-order chi connectivity index (χ1) is 13.2. The molecule has 0 saturated carbocycles. The Morgan fingerprint density at radius 2 is 2.00 bits per heavy atom. The van der Waals surface area contributed by atoms with Crippen LogP contribution in [0, 0.1) is 5.92 Å². The number of likely N-dealkylation sites (tertiary alicyclic amines) is 1. The Hall–Kier alpha value is -2.70. The van der Waals surface area contributed by atoms with Gasteiger partial charge in [0, 0.05) is 50.3 Å². The van der Waals surface area contributed by atoms with Crippen molar-refractivity contribution in [3.63, 3.8) is 0 Å². The third-order valence-electron chi connectivity index (χ3n) is 5.16. The second kappa shape index (κ2) is 7.90. The smallest absolute Gasteiger partial charge is 0.119 e. The Kier molecular flexibility index (Phi) is 5.18. The average molecular weight is 364 g/mol. The Morgan fingerprint density at radius 3 is 2.74 bits per heavy atom. The standard InChI is InChI=1S/C21H24N4O2/c1-27-19-3-4-20(25-10-2-7-23-25)17(12-19)13-24-14-18(21(26)15-24)11-16-5-8-22-9-6-16/h2-10,12,18,21,26H,11,13-15H2,1H3/t18-,21+/m1/s1. The first kappa shape index (κ1) is 17.7. The highest BCUT2D eigenvalue weighted by Crippen LogP contribution is 2.27. The van der Waals surface area contributed by atoms with Gasteiger partial charge in [-0.25, -0.2) is 4.68 Å². The third-order valence-corrected chi connectivity index (χ3v) is 5.16. The van der Waals surface area contributed by atoms with Gasteiger partial charge in [-0.15, -0.1) is 0 Å². The quantitative estimate of drug-likeness (QED) is 0.727. The van der Waals surface area contributed by atoms with Gasteiger partial charge >= 0.3 is 0 Å². The number of β-amino-alcohol motifs (C(OH)–C–C–N with tert-alkyl or cyclic N) is 1. The van der Waals surface area contributed by atoms with Crippen LogP contribution in [0.5, 0.6) is 5.75 Å². The summed E-state index contributed by atoms with van der Waals surface area (Å²) in [5, 5.41) is 14.9. The van der Waals surface area contributed by atoms with Crippen LogP contribution in [-0.4, -0.2) is 51.1 Å². The van der Waals surface area contributed by atoms with Crippen LogP contribution in [0.15, 0.2) is 61.2 Å². The minimum absolute atomic E-state index is 0.228. The molecule has 0 unspecified atom stereocenters. The number of methoxy groups -OCH3 is 1. The van der Waals surface area contributed by atoms with Crippen LogP contribution < -0.4 is 4.74 Å². The average Bonchev–Trinajstić information content (AvgIpc) is 3.33. The topological polar surface area (TPSA) is 63.4 Å². The van der Waals surface area contributed by atoms with Gasteiger partial charge in [0.1, 0.15) is 5.75 Å². The van der Waals surface area contributed by atoms with Crippen LogP contribution in [-0.2, 0) is 13.0 Å². The number of hydrogen-bond acceptors (Lipinski definition) is 5. The maximum absolute atomic E-state index is 10.6. The fourth-order valence-electron chi connectivity index (χ4n) is 3.78. The number of aromatic nitrogens is 3. The van der Waals surface area contributed by atoms with Crippen molar-refractivity contribution in [2.24, 2.45) is 5.92 Å². The van der Waals surface area contributed by atoms with Gasteiger partial charge in [0.2, 0.25) is 0 Å². The number of hydrogen-bond donors (Lipinski definition) is 1. The van der Waals surface area contributed by atoms with E-state index in [0.29, 0.717) is 6.54 Å². The lowest BCUT2D eigenvalue weighted by atomic mass is 9.97. The van der Waals surface area contributed by atoms with Crippen molar-refractivity contribution in [1.82, 2.24) is 19.7 Å². The van der Waals surface area contributed by atoms with Crippen molar-refractivity contribution < 1.29 is 9.84 Å². The van der Waals surface area contributed by atoms with Gasteiger partial charge in [-0.1, -0.05) is 0 Å². The van der Waals surface area contributed by atoms with E-state index >= 15 is 0 Å². The minimum Gasteiger partial charge on any atom is -0.497 e. The molecule has 2 aromatic heterocycles. The van der Waals surface area contributed by atoms with E-state index in [4.69, 9.17) is 4.74 Å². The van der Waals surface area contributed by atoms with Gasteiger partial charge in [-0.05, 0) is 53.9 Å². The van der Waals surface area contributed by atoms with Crippen molar-refractivity contribution in [1.29, 1.82) is 0 Å². The van der Waals surface area contributed by atoms with Crippen molar-refractivity contribution in [2.45, 2.75) is 19.1 Å². The molecule has 1 aliphatic heterocycles. The van der Waals surface area contributed by atoms with E-state index in [-0.39, 0.29) is 12.0 Å². The van der Waals surface area contributed by atoms with E-state index in [1.807, 2.05) is 41.2 Å². The first-order valence-corrected chi connectivity index (χ1v) is 9.19. The molecule has 3 heterocycles. The third kappa shape index (κ3) is 4.02. The maximum atomic E-state index is 10.6. The predicted molar refractivity (Wildman–Crippen MR) is 103 cm³/mol. The van der Waals surface area contributed by atoms with E-state index in [0.717, 1.165) is 36.5 Å². The molecule has 1 N–H and O–H groups in total. The summed E-state index contributed by atoms with van der Waals surface area (Å²) in [5.74, 6) is 1.06. The molecule has 0 radical (unpaired) electrons. The zero-order valence-corrected chi connectivity index (χ0v) is 15.4. The molecule has 3 aromatic rings. The van der Waals surface area contributed by atoms with Gasteiger partial charge in [-0.2, -0.15) is 5.10 Å². The summed E-state index contributed by atoms with van der Waals surface area (Å²) < 4.78 is 7.28. The Labute approximate surface area is 159 Å². The number of aliphatic hydroxyl groups is 1. The lowest BCUT2D eigenvalue weighted by Crippen LogP contribution is -2.22. The highest BCUT2D eigenvalue weighted by Gasteiger charge is 2.31. The maximum Gasteiger partial charge on any atom is 0.119 e. The second-order valence-corrected chi connectivity index (χ2v) is 7.03. The van der Waals surface area contributed by atoms with Crippen LogP contribution in [0.25, 0.3) is 5.69 Å². The lowest BCUT2D eigenvalue weighted by Gasteiger charge is -2.19. The predicted octanol–water partition coefficient (Wildman–Crippen LogP) is 2.31. The molecule has 6 nitrogen and oxygen atoms in total. The molecular formula is C21H24N4O2. The summed E-state index contributed by atoms with van der Waals surface area (Å²) in [6.45, 7) is 2.28. The van der Waals surface area contributed by atoms with E-state index in [9.17, 15) is 5.11 Å². The molecule has 2 atom stereocenters. The van der Waals surface area contributed by atoms with Gasteiger partial charge < -0.3 is 9.84 Å². The van der Waals surface area contributed by atoms with Gasteiger partial charge in [0.25, 0.3) is 0 Å². The Bertz CT molecular complexity index is 867. The fourth-order valence-corrected chi connectivity index (χ4v) is 3.78. The zero-order valence-electron chi connectivity index (χ0n) is 15.4. The summed E-state index contributed by atoms with van der Waals surface area (Å²) in [4.78, 5) is 6.37. The van der Waals surface area contributed by atoms with Crippen molar-refractivity contribution in [2.75, 3.05) is 20.2 Å². The van der Waals surface area contributed by atoms with Crippen LogP contribution >= 0.6 is 0 Å². The van der Waals surface area contributed by atoms with Crippen LogP contribution in [0.4, 0.5) is 0 Å². The summed E-state index contributed by atoms with van der Waals surface area (Å²) in [5.41, 5.74) is 3.39. The highest BCUT2D eigenvalue weighted by molar-refractivity contribution is 5.45. The molecule has 0 bridgehead atoms. The van der Waals surface area contributed by atoms with Crippen molar-refractivity contribution in [3.8, 4) is 11.4 Å². The summed E-state index contributed by atoms with van der Waals surface area (Å²) >= 11 is 0. The van der Waals surface area contributed by atoms with Crippen molar-refractivity contribution >= 4 is 0 Å². The number of benzene rings is 1. The van der Waals surface area contributed by atoms with E-state index < -0.39 is 0 Å². The summed E-state index contributed by atoms with van der Waals surface area (Å²) in [7, 11) is 1.68. The normalized spacial score (nSPS) is 20.1. The summed E-state index contributed by atoms with van der Waals surface area (Å²) in [6, 6.07) is 12.0. The van der Waals surface area contributed by atoms with Gasteiger partial charge in [0.05, 0.1) is 18.9 Å². The fraction of sp³-hybridized carbons (Fsp3) is 0.333. The van der Waals surface area contributed by atoms with E-state index in [1.54, 1.807) is 25.7 Å². The number of nitrogens with zero attached hydrogens (tertiary/aromatic N) is 4. The Morgan fingerprint density at radius 1 is 1.15 bits per heavy atom. The SMILES string of the molecule is COc1ccc(-n2cccn2)c(CN2C[C@@H](Cc3ccncc3)[C@@H](O)C2)c1. The number of pyridine rings is 1. The monoisotopic (exact) mass is 364 g/mol. The largest absolute Gasteiger partial charge is 0.497 e. The molecule has 0 aliphatic carbocycles. The lowest BCUT2D eigenvalue weighted by molar-refractivity contribution is 0.141. The number of aliphatic hydroxyl groups excluding tert-OH is 1. The molecule has 1 saturated heterocycles. The minimum atomic E-state index is -0.322. The van der Waals surface area contributed by atoms with E-state index in [1.165, 1.54) is 5.56 Å². The molecule has 27 heavy (non-hydrogen) atoms. The molecule has 1 fully saturated rings. The summed E-state index contributed by atoms with van der Waals surface area (Å²) in [6.07, 6.45) is 7.87. The molecule has 140 valence electrons.